The van der Waals surface area contributed by atoms with Crippen LogP contribution in [0.25, 0.3) is 0 Å². The highest BCUT2D eigenvalue weighted by Gasteiger charge is 2.33. The summed E-state index contributed by atoms with van der Waals surface area (Å²) in [7, 11) is 1.41. The molecular weight excluding hydrogens is 363 g/mol. The van der Waals surface area contributed by atoms with Crippen molar-refractivity contribution in [2.45, 2.75) is 26.3 Å². The second-order valence-corrected chi connectivity index (χ2v) is 5.71. The number of anilines is 1. The van der Waals surface area contributed by atoms with Gasteiger partial charge in [-0.15, -0.1) is 0 Å². The number of amides is 1. The molecule has 6 nitrogen and oxygen atoms in total. The van der Waals surface area contributed by atoms with Crippen LogP contribution in [0, 0.1) is 18.3 Å². The van der Waals surface area contributed by atoms with Crippen molar-refractivity contribution in [1.82, 2.24) is 4.57 Å². The monoisotopic (exact) mass is 379 g/mol. The predicted molar refractivity (Wildman–Crippen MR) is 90.9 cm³/mol. The van der Waals surface area contributed by atoms with Crippen molar-refractivity contribution in [1.29, 1.82) is 5.26 Å². The number of benzene rings is 1. The number of methoxy groups -OCH3 is 1. The SMILES string of the molecule is COCc1cc(C)n(CC(=O)Nc2ccccc2C(F)(F)F)c(=O)c1C#N. The number of aryl methyl sites for hydroxylation is 1. The Bertz CT molecular complexity index is 959. The normalized spacial score (nSPS) is 11.1. The molecule has 0 aliphatic carbocycles. The van der Waals surface area contributed by atoms with Crippen molar-refractivity contribution < 1.29 is 22.7 Å². The van der Waals surface area contributed by atoms with Crippen LogP contribution in [0.15, 0.2) is 35.1 Å². The van der Waals surface area contributed by atoms with Gasteiger partial charge in [0.2, 0.25) is 5.91 Å². The Morgan fingerprint density at radius 3 is 2.59 bits per heavy atom. The first kappa shape index (κ1) is 20.2. The van der Waals surface area contributed by atoms with Gasteiger partial charge < -0.3 is 14.6 Å². The predicted octanol–water partition coefficient (Wildman–Crippen LogP) is 2.83. The first-order valence-electron chi connectivity index (χ1n) is 7.77. The third-order valence-corrected chi connectivity index (χ3v) is 3.81. The van der Waals surface area contributed by atoms with E-state index in [9.17, 15) is 28.0 Å². The van der Waals surface area contributed by atoms with Gasteiger partial charge in [-0.2, -0.15) is 18.4 Å². The fourth-order valence-electron chi connectivity index (χ4n) is 2.59. The molecule has 1 aromatic carbocycles. The lowest BCUT2D eigenvalue weighted by Gasteiger charge is -2.15. The maximum Gasteiger partial charge on any atom is 0.418 e. The van der Waals surface area contributed by atoms with E-state index in [2.05, 4.69) is 5.32 Å². The number of nitriles is 1. The number of hydrogen-bond acceptors (Lipinski definition) is 4. The molecule has 1 amide bonds. The largest absolute Gasteiger partial charge is 0.418 e. The third-order valence-electron chi connectivity index (χ3n) is 3.81. The van der Waals surface area contributed by atoms with Gasteiger partial charge in [0.05, 0.1) is 17.9 Å². The molecule has 1 aromatic heterocycles. The average molecular weight is 379 g/mol. The molecule has 0 saturated heterocycles. The first-order chi connectivity index (χ1) is 12.7. The number of aromatic nitrogens is 1. The Labute approximate surface area is 152 Å². The van der Waals surface area contributed by atoms with Crippen LogP contribution in [0.4, 0.5) is 18.9 Å². The summed E-state index contributed by atoms with van der Waals surface area (Å²) in [6.45, 7) is 1.07. The lowest BCUT2D eigenvalue weighted by molar-refractivity contribution is -0.137. The van der Waals surface area contributed by atoms with Gasteiger partial charge in [-0.3, -0.25) is 9.59 Å². The van der Waals surface area contributed by atoms with Crippen LogP contribution in [0.1, 0.15) is 22.4 Å². The molecule has 142 valence electrons. The minimum atomic E-state index is -4.63. The highest BCUT2D eigenvalue weighted by Crippen LogP contribution is 2.34. The van der Waals surface area contributed by atoms with Gasteiger partial charge in [-0.25, -0.2) is 0 Å². The van der Waals surface area contributed by atoms with Crippen LogP contribution in [-0.2, 0) is 28.9 Å². The molecule has 0 saturated carbocycles. The zero-order valence-corrected chi connectivity index (χ0v) is 14.6. The number of para-hydroxylation sites is 1. The summed E-state index contributed by atoms with van der Waals surface area (Å²) < 4.78 is 45.0. The Kier molecular flexibility index (Phi) is 6.02. The van der Waals surface area contributed by atoms with Gasteiger partial charge in [-0.05, 0) is 25.1 Å². The van der Waals surface area contributed by atoms with E-state index in [1.165, 1.54) is 25.3 Å². The fraction of sp³-hybridized carbons (Fsp3) is 0.278. The number of halogens is 3. The van der Waals surface area contributed by atoms with E-state index in [0.717, 1.165) is 16.7 Å². The van der Waals surface area contributed by atoms with E-state index in [4.69, 9.17) is 4.74 Å². The van der Waals surface area contributed by atoms with Crippen LogP contribution in [0.3, 0.4) is 0 Å². The number of hydrogen-bond donors (Lipinski definition) is 1. The van der Waals surface area contributed by atoms with Crippen molar-refractivity contribution >= 4 is 11.6 Å². The molecule has 0 bridgehead atoms. The van der Waals surface area contributed by atoms with Crippen molar-refractivity contribution in [3.05, 3.63) is 63.1 Å². The zero-order valence-electron chi connectivity index (χ0n) is 14.6. The molecule has 9 heteroatoms. The number of ether oxygens (including phenoxy) is 1. The van der Waals surface area contributed by atoms with Crippen LogP contribution >= 0.6 is 0 Å². The van der Waals surface area contributed by atoms with E-state index in [1.54, 1.807) is 13.0 Å². The molecule has 2 rings (SSSR count). The molecule has 1 heterocycles. The van der Waals surface area contributed by atoms with Gasteiger partial charge >= 0.3 is 6.18 Å². The molecule has 27 heavy (non-hydrogen) atoms. The summed E-state index contributed by atoms with van der Waals surface area (Å²) in [5, 5.41) is 11.4. The lowest BCUT2D eigenvalue weighted by atomic mass is 10.1. The van der Waals surface area contributed by atoms with E-state index < -0.39 is 35.4 Å². The van der Waals surface area contributed by atoms with E-state index in [-0.39, 0.29) is 12.2 Å². The molecule has 0 spiro atoms. The number of carbonyl (C=O) groups is 1. The maximum absolute atomic E-state index is 13.0. The van der Waals surface area contributed by atoms with Crippen LogP contribution in [-0.4, -0.2) is 17.6 Å². The number of carbonyl (C=O) groups excluding carboxylic acids is 1. The first-order valence-corrected chi connectivity index (χ1v) is 7.77. The molecule has 0 aliphatic rings. The number of alkyl halides is 3. The van der Waals surface area contributed by atoms with E-state index >= 15 is 0 Å². The summed E-state index contributed by atoms with van der Waals surface area (Å²) in [5.41, 5.74) is -1.52. The van der Waals surface area contributed by atoms with Crippen LogP contribution in [0.2, 0.25) is 0 Å². The molecule has 0 aliphatic heterocycles. The van der Waals surface area contributed by atoms with Crippen molar-refractivity contribution in [3.63, 3.8) is 0 Å². The third kappa shape index (κ3) is 4.54. The number of pyridine rings is 1. The molecule has 1 N–H and O–H groups in total. The van der Waals surface area contributed by atoms with Gasteiger partial charge in [0.25, 0.3) is 5.56 Å². The Hall–Kier alpha value is -3.12. The Morgan fingerprint density at radius 2 is 2.00 bits per heavy atom. The fourth-order valence-corrected chi connectivity index (χ4v) is 2.59. The molecule has 0 atom stereocenters. The highest BCUT2D eigenvalue weighted by molar-refractivity contribution is 5.91. The summed E-state index contributed by atoms with van der Waals surface area (Å²) in [6, 6.07) is 7.84. The van der Waals surface area contributed by atoms with Gasteiger partial charge in [0, 0.05) is 18.4 Å². The summed E-state index contributed by atoms with van der Waals surface area (Å²) in [5.74, 6) is -0.819. The number of rotatable bonds is 5. The van der Waals surface area contributed by atoms with Crippen molar-refractivity contribution in [2.75, 3.05) is 12.4 Å². The zero-order chi connectivity index (χ0) is 20.2. The topological polar surface area (TPSA) is 84.1 Å². The Morgan fingerprint density at radius 1 is 1.33 bits per heavy atom. The molecule has 0 fully saturated rings. The van der Waals surface area contributed by atoms with Crippen LogP contribution < -0.4 is 10.9 Å². The number of nitrogens with one attached hydrogen (secondary N) is 1. The summed E-state index contributed by atoms with van der Waals surface area (Å²) >= 11 is 0. The maximum atomic E-state index is 13.0. The molecule has 0 radical (unpaired) electrons. The smallest absolute Gasteiger partial charge is 0.380 e. The van der Waals surface area contributed by atoms with Crippen molar-refractivity contribution in [2.24, 2.45) is 0 Å². The van der Waals surface area contributed by atoms with Gasteiger partial charge in [0.1, 0.15) is 18.2 Å². The van der Waals surface area contributed by atoms with Crippen LogP contribution in [0.5, 0.6) is 0 Å². The molecule has 0 unspecified atom stereocenters. The average Bonchev–Trinajstić information content (AvgIpc) is 2.58. The second-order valence-electron chi connectivity index (χ2n) is 5.71. The minimum absolute atomic E-state index is 0.0466. The molecular formula is C18H16F3N3O3. The second kappa shape index (κ2) is 8.05. The number of nitrogens with zero attached hydrogens (tertiary/aromatic N) is 2. The minimum Gasteiger partial charge on any atom is -0.380 e. The summed E-state index contributed by atoms with van der Waals surface area (Å²) in [6.07, 6.45) is -4.63. The quantitative estimate of drug-likeness (QED) is 0.866. The van der Waals surface area contributed by atoms with Gasteiger partial charge in [0.15, 0.2) is 0 Å². The molecule has 2 aromatic rings. The highest BCUT2D eigenvalue weighted by atomic mass is 19.4. The van der Waals surface area contributed by atoms with E-state index in [1.807, 2.05) is 0 Å². The lowest BCUT2D eigenvalue weighted by Crippen LogP contribution is -2.32. The van der Waals surface area contributed by atoms with E-state index in [0.29, 0.717) is 11.3 Å². The summed E-state index contributed by atoms with van der Waals surface area (Å²) in [4.78, 5) is 24.7. The Balaban J connectivity index is 2.33. The van der Waals surface area contributed by atoms with Gasteiger partial charge in [-0.1, -0.05) is 12.1 Å². The van der Waals surface area contributed by atoms with Crippen molar-refractivity contribution in [3.8, 4) is 6.07 Å². The standard InChI is InChI=1S/C18H16F3N3O3/c1-11-7-12(10-27-2)13(8-22)17(26)24(11)9-16(25)23-15-6-4-3-5-14(15)18(19,20)21/h3-7H,9-10H2,1-2H3,(H,23,25).